The van der Waals surface area contributed by atoms with Crippen LogP contribution in [0.4, 0.5) is 0 Å². The number of aromatic nitrogens is 1. The van der Waals surface area contributed by atoms with Crippen LogP contribution in [0.25, 0.3) is 16.6 Å². The number of nitrogens with zero attached hydrogens (tertiary/aromatic N) is 2. The first kappa shape index (κ1) is 21.6. The zero-order valence-electron chi connectivity index (χ0n) is 19.3. The first-order valence-corrected chi connectivity index (χ1v) is 12.0. The van der Waals surface area contributed by atoms with Gasteiger partial charge in [-0.2, -0.15) is 0 Å². The Morgan fingerprint density at radius 2 is 1.58 bits per heavy atom. The molecule has 5 rings (SSSR count). The van der Waals surface area contributed by atoms with Gasteiger partial charge in [0.15, 0.2) is 0 Å². The van der Waals surface area contributed by atoms with E-state index in [9.17, 15) is 5.11 Å². The largest absolute Gasteiger partial charge is 0.508 e. The number of benzene rings is 3. The molecule has 0 atom stereocenters. The van der Waals surface area contributed by atoms with E-state index in [0.29, 0.717) is 0 Å². The second-order valence-corrected chi connectivity index (χ2v) is 9.01. The molecule has 4 aromatic rings. The maximum Gasteiger partial charge on any atom is 0.119 e. The van der Waals surface area contributed by atoms with E-state index in [1.165, 1.54) is 60.1 Å². The van der Waals surface area contributed by atoms with Crippen molar-refractivity contribution in [1.29, 1.82) is 0 Å². The highest BCUT2D eigenvalue weighted by Crippen LogP contribution is 2.31. The number of ether oxygens (including phenoxy) is 1. The maximum atomic E-state index is 9.76. The SMILES string of the molecule is Cc1c(Cc2ccc(OCCN3CCCCC3)cc2)n(-c2ccc(O)cc2)c2ccccc12. The molecular formula is C29H32N2O2. The molecular weight excluding hydrogens is 408 g/mol. The lowest BCUT2D eigenvalue weighted by atomic mass is 10.1. The van der Waals surface area contributed by atoms with Crippen molar-refractivity contribution in [2.45, 2.75) is 32.6 Å². The Morgan fingerprint density at radius 1 is 0.848 bits per heavy atom. The molecule has 4 nitrogen and oxygen atoms in total. The molecule has 0 amide bonds. The van der Waals surface area contributed by atoms with E-state index in [2.05, 4.69) is 64.9 Å². The average molecular weight is 441 g/mol. The van der Waals surface area contributed by atoms with Gasteiger partial charge in [-0.05, 0) is 86.4 Å². The van der Waals surface area contributed by atoms with Crippen LogP contribution in [0.5, 0.6) is 11.5 Å². The normalized spacial score (nSPS) is 14.6. The number of aryl methyl sites for hydroxylation is 1. The zero-order valence-corrected chi connectivity index (χ0v) is 19.3. The number of aromatic hydroxyl groups is 1. The summed E-state index contributed by atoms with van der Waals surface area (Å²) in [6, 6.07) is 24.5. The summed E-state index contributed by atoms with van der Waals surface area (Å²) < 4.78 is 8.33. The number of fused-ring (bicyclic) bond motifs is 1. The number of hydrogen-bond acceptors (Lipinski definition) is 3. The number of phenols is 1. The predicted octanol–water partition coefficient (Wildman–Crippen LogP) is 6.10. The molecule has 3 aromatic carbocycles. The summed E-state index contributed by atoms with van der Waals surface area (Å²) in [6.45, 7) is 6.36. The van der Waals surface area contributed by atoms with Crippen molar-refractivity contribution in [1.82, 2.24) is 9.47 Å². The van der Waals surface area contributed by atoms with Gasteiger partial charge in [0, 0.05) is 29.7 Å². The molecule has 1 N–H and O–H groups in total. The Bertz CT molecular complexity index is 1200. The fourth-order valence-electron chi connectivity index (χ4n) is 4.94. The molecule has 1 aliphatic heterocycles. The van der Waals surface area contributed by atoms with Crippen LogP contribution >= 0.6 is 0 Å². The monoisotopic (exact) mass is 440 g/mol. The van der Waals surface area contributed by atoms with E-state index in [-0.39, 0.29) is 5.75 Å². The molecule has 33 heavy (non-hydrogen) atoms. The fraction of sp³-hybridized carbons (Fsp3) is 0.310. The number of rotatable bonds is 7. The Balaban J connectivity index is 1.35. The van der Waals surface area contributed by atoms with Gasteiger partial charge >= 0.3 is 0 Å². The summed E-state index contributed by atoms with van der Waals surface area (Å²) >= 11 is 0. The molecule has 0 spiro atoms. The third-order valence-electron chi connectivity index (χ3n) is 6.78. The molecule has 1 fully saturated rings. The Kier molecular flexibility index (Phi) is 6.36. The van der Waals surface area contributed by atoms with E-state index in [4.69, 9.17) is 4.74 Å². The molecule has 0 bridgehead atoms. The Hall–Kier alpha value is -3.24. The van der Waals surface area contributed by atoms with E-state index in [1.807, 2.05) is 12.1 Å². The van der Waals surface area contributed by atoms with Crippen molar-refractivity contribution in [3.8, 4) is 17.2 Å². The van der Waals surface area contributed by atoms with Crippen LogP contribution in [0.2, 0.25) is 0 Å². The first-order valence-electron chi connectivity index (χ1n) is 12.0. The molecule has 1 saturated heterocycles. The van der Waals surface area contributed by atoms with Crippen molar-refractivity contribution in [3.05, 3.63) is 89.6 Å². The standard InChI is InChI=1S/C29H32N2O2/c1-22-27-7-3-4-8-28(27)31(24-11-13-25(32)14-12-24)29(22)21-23-9-15-26(16-10-23)33-20-19-30-17-5-2-6-18-30/h3-4,7-16,32H,2,5-6,17-21H2,1H3. The highest BCUT2D eigenvalue weighted by molar-refractivity contribution is 5.87. The van der Waals surface area contributed by atoms with Gasteiger partial charge in [0.05, 0.1) is 5.52 Å². The first-order chi connectivity index (χ1) is 16.2. The van der Waals surface area contributed by atoms with Crippen LogP contribution in [0.15, 0.2) is 72.8 Å². The second-order valence-electron chi connectivity index (χ2n) is 9.01. The zero-order chi connectivity index (χ0) is 22.6. The quantitative estimate of drug-likeness (QED) is 0.377. The summed E-state index contributed by atoms with van der Waals surface area (Å²) in [5.41, 5.74) is 6.06. The van der Waals surface area contributed by atoms with Gasteiger partial charge in [-0.1, -0.05) is 36.8 Å². The van der Waals surface area contributed by atoms with E-state index >= 15 is 0 Å². The summed E-state index contributed by atoms with van der Waals surface area (Å²) in [5, 5.41) is 11.0. The lowest BCUT2D eigenvalue weighted by Crippen LogP contribution is -2.33. The number of piperidine rings is 1. The molecule has 0 aliphatic carbocycles. The van der Waals surface area contributed by atoms with Crippen LogP contribution in [0.3, 0.4) is 0 Å². The minimum atomic E-state index is 0.282. The molecule has 1 aliphatic rings. The van der Waals surface area contributed by atoms with Crippen LogP contribution in [0.1, 0.15) is 36.1 Å². The van der Waals surface area contributed by atoms with Crippen molar-refractivity contribution in [2.24, 2.45) is 0 Å². The third-order valence-corrected chi connectivity index (χ3v) is 6.78. The molecule has 0 radical (unpaired) electrons. The molecule has 0 unspecified atom stereocenters. The Morgan fingerprint density at radius 3 is 2.33 bits per heavy atom. The van der Waals surface area contributed by atoms with Crippen molar-refractivity contribution in [3.63, 3.8) is 0 Å². The van der Waals surface area contributed by atoms with Gasteiger partial charge in [-0.15, -0.1) is 0 Å². The van der Waals surface area contributed by atoms with Gasteiger partial charge in [-0.3, -0.25) is 4.90 Å². The summed E-state index contributed by atoms with van der Waals surface area (Å²) in [7, 11) is 0. The van der Waals surface area contributed by atoms with Gasteiger partial charge in [0.1, 0.15) is 18.1 Å². The van der Waals surface area contributed by atoms with Crippen molar-refractivity contribution >= 4 is 10.9 Å². The van der Waals surface area contributed by atoms with Crippen LogP contribution in [0, 0.1) is 6.92 Å². The summed E-state index contributed by atoms with van der Waals surface area (Å²) in [5.74, 6) is 1.22. The predicted molar refractivity (Wildman–Crippen MR) is 135 cm³/mol. The van der Waals surface area contributed by atoms with Crippen LogP contribution < -0.4 is 4.74 Å². The summed E-state index contributed by atoms with van der Waals surface area (Å²) in [6.07, 6.45) is 4.82. The van der Waals surface area contributed by atoms with Crippen molar-refractivity contribution < 1.29 is 9.84 Å². The molecule has 170 valence electrons. The van der Waals surface area contributed by atoms with E-state index < -0.39 is 0 Å². The minimum Gasteiger partial charge on any atom is -0.508 e. The van der Waals surface area contributed by atoms with Crippen LogP contribution in [-0.4, -0.2) is 40.8 Å². The van der Waals surface area contributed by atoms with Gasteiger partial charge in [0.2, 0.25) is 0 Å². The molecule has 4 heteroatoms. The minimum absolute atomic E-state index is 0.282. The maximum absolute atomic E-state index is 9.76. The van der Waals surface area contributed by atoms with Crippen molar-refractivity contribution in [2.75, 3.05) is 26.2 Å². The second kappa shape index (κ2) is 9.72. The van der Waals surface area contributed by atoms with Gasteiger partial charge in [-0.25, -0.2) is 0 Å². The lowest BCUT2D eigenvalue weighted by molar-refractivity contribution is 0.183. The molecule has 0 saturated carbocycles. The molecule has 1 aromatic heterocycles. The third kappa shape index (κ3) is 4.76. The highest BCUT2D eigenvalue weighted by Gasteiger charge is 2.16. The van der Waals surface area contributed by atoms with E-state index in [1.54, 1.807) is 12.1 Å². The highest BCUT2D eigenvalue weighted by atomic mass is 16.5. The van der Waals surface area contributed by atoms with Crippen LogP contribution in [-0.2, 0) is 6.42 Å². The van der Waals surface area contributed by atoms with Gasteiger partial charge in [0.25, 0.3) is 0 Å². The molecule has 2 heterocycles. The number of hydrogen-bond donors (Lipinski definition) is 1. The lowest BCUT2D eigenvalue weighted by Gasteiger charge is -2.26. The topological polar surface area (TPSA) is 37.6 Å². The summed E-state index contributed by atoms with van der Waals surface area (Å²) in [4.78, 5) is 2.50. The smallest absolute Gasteiger partial charge is 0.119 e. The number of phenolic OH excluding ortho intramolecular Hbond substituents is 1. The number of likely N-dealkylation sites (tertiary alicyclic amines) is 1. The van der Waals surface area contributed by atoms with E-state index in [0.717, 1.165) is 31.0 Å². The number of para-hydroxylation sites is 1. The fourth-order valence-corrected chi connectivity index (χ4v) is 4.94. The average Bonchev–Trinajstić information content (AvgIpc) is 3.13. The Labute approximate surface area is 196 Å². The van der Waals surface area contributed by atoms with Gasteiger partial charge < -0.3 is 14.4 Å².